The fourth-order valence-corrected chi connectivity index (χ4v) is 8.27. The molecule has 2 bridgehead atoms. The standard InChI is InChI=1S/C24H32N2O5S/c1-4-16(14-27)26-19(20(28)25-13-15-9-7-6-8-10-15)24-12-11-23(3,32-24)18(17(24)21(26)29)22(30)31-5-2/h6-10,16-19,27H,4-5,11-14H2,1-3H3,(H,25,28)/t16-,17-,18+,19?,23-,24?/m0/s1. The van der Waals surface area contributed by atoms with Gasteiger partial charge in [-0.1, -0.05) is 37.3 Å². The molecule has 0 radical (unpaired) electrons. The minimum Gasteiger partial charge on any atom is -0.466 e. The zero-order valence-corrected chi connectivity index (χ0v) is 19.7. The van der Waals surface area contributed by atoms with Gasteiger partial charge in [-0.2, -0.15) is 0 Å². The molecule has 3 aliphatic heterocycles. The molecule has 3 heterocycles. The molecule has 2 unspecified atom stereocenters. The van der Waals surface area contributed by atoms with Crippen LogP contribution in [0.15, 0.2) is 30.3 Å². The van der Waals surface area contributed by atoms with Crippen molar-refractivity contribution in [2.24, 2.45) is 11.8 Å². The molecule has 4 rings (SSSR count). The van der Waals surface area contributed by atoms with Crippen LogP contribution in [-0.2, 0) is 25.7 Å². The molecule has 6 atom stereocenters. The molecule has 32 heavy (non-hydrogen) atoms. The van der Waals surface area contributed by atoms with E-state index in [1.54, 1.807) is 23.6 Å². The Labute approximate surface area is 193 Å². The van der Waals surface area contributed by atoms with Crippen molar-refractivity contribution in [3.63, 3.8) is 0 Å². The van der Waals surface area contributed by atoms with Gasteiger partial charge >= 0.3 is 5.97 Å². The summed E-state index contributed by atoms with van der Waals surface area (Å²) in [7, 11) is 0. The summed E-state index contributed by atoms with van der Waals surface area (Å²) in [6, 6.07) is 8.44. The van der Waals surface area contributed by atoms with Crippen molar-refractivity contribution in [2.75, 3.05) is 13.2 Å². The topological polar surface area (TPSA) is 95.9 Å². The predicted octanol–water partition coefficient (Wildman–Crippen LogP) is 2.12. The molecule has 7 nitrogen and oxygen atoms in total. The van der Waals surface area contributed by atoms with Gasteiger partial charge in [0.1, 0.15) is 6.04 Å². The summed E-state index contributed by atoms with van der Waals surface area (Å²) >= 11 is 1.61. The Morgan fingerprint density at radius 3 is 2.62 bits per heavy atom. The molecule has 1 aromatic carbocycles. The second-order valence-electron chi connectivity index (χ2n) is 9.17. The zero-order valence-electron chi connectivity index (χ0n) is 18.9. The van der Waals surface area contributed by atoms with Gasteiger partial charge in [-0.15, -0.1) is 11.8 Å². The minimum absolute atomic E-state index is 0.209. The fourth-order valence-electron chi connectivity index (χ4n) is 5.94. The van der Waals surface area contributed by atoms with Crippen molar-refractivity contribution >= 4 is 29.5 Å². The first-order chi connectivity index (χ1) is 15.3. The smallest absolute Gasteiger partial charge is 0.311 e. The average molecular weight is 461 g/mol. The monoisotopic (exact) mass is 460 g/mol. The second kappa shape index (κ2) is 8.71. The molecule has 2 N–H and O–H groups in total. The number of carbonyl (C=O) groups excluding carboxylic acids is 3. The summed E-state index contributed by atoms with van der Waals surface area (Å²) < 4.78 is 4.25. The van der Waals surface area contributed by atoms with Crippen molar-refractivity contribution in [1.82, 2.24) is 10.2 Å². The van der Waals surface area contributed by atoms with E-state index in [1.165, 1.54) is 0 Å². The SMILES string of the molecule is CCOC(=O)[C@H]1[C@H]2C(=O)N([C@@H](CC)CO)C(C(=O)NCc3ccccc3)C23CC[C@]1(C)S3. The molecular formula is C24H32N2O5S. The molecule has 3 aliphatic rings. The molecule has 0 aliphatic carbocycles. The largest absolute Gasteiger partial charge is 0.466 e. The van der Waals surface area contributed by atoms with Crippen LogP contribution in [0.2, 0.25) is 0 Å². The van der Waals surface area contributed by atoms with Gasteiger partial charge in [-0.25, -0.2) is 0 Å². The third-order valence-corrected chi connectivity index (χ3v) is 9.37. The summed E-state index contributed by atoms with van der Waals surface area (Å²) in [6.45, 7) is 6.07. The van der Waals surface area contributed by atoms with E-state index in [4.69, 9.17) is 4.74 Å². The average Bonchev–Trinajstić information content (AvgIpc) is 3.35. The zero-order chi connectivity index (χ0) is 23.1. The number of esters is 1. The number of ether oxygens (including phenoxy) is 1. The van der Waals surface area contributed by atoms with Crippen LogP contribution in [-0.4, -0.2) is 62.6 Å². The summed E-state index contributed by atoms with van der Waals surface area (Å²) in [5, 5.41) is 13.1. The summed E-state index contributed by atoms with van der Waals surface area (Å²) in [5.74, 6) is -1.99. The van der Waals surface area contributed by atoms with E-state index < -0.39 is 33.4 Å². The normalized spacial score (nSPS) is 33.8. The van der Waals surface area contributed by atoms with E-state index in [2.05, 4.69) is 5.32 Å². The van der Waals surface area contributed by atoms with Crippen LogP contribution < -0.4 is 5.32 Å². The first kappa shape index (κ1) is 23.1. The Morgan fingerprint density at radius 1 is 1.28 bits per heavy atom. The lowest BCUT2D eigenvalue weighted by Gasteiger charge is -2.36. The van der Waals surface area contributed by atoms with Crippen LogP contribution >= 0.6 is 11.8 Å². The predicted molar refractivity (Wildman–Crippen MR) is 122 cm³/mol. The number of hydrogen-bond donors (Lipinski definition) is 2. The summed E-state index contributed by atoms with van der Waals surface area (Å²) in [4.78, 5) is 42.0. The molecular weight excluding hydrogens is 428 g/mol. The first-order valence-electron chi connectivity index (χ1n) is 11.4. The highest BCUT2D eigenvalue weighted by Gasteiger charge is 2.77. The molecule has 2 amide bonds. The van der Waals surface area contributed by atoms with Crippen LogP contribution in [0, 0.1) is 11.8 Å². The van der Waals surface area contributed by atoms with Crippen molar-refractivity contribution < 1.29 is 24.2 Å². The molecule has 8 heteroatoms. The molecule has 0 saturated carbocycles. The number of rotatable bonds is 8. The maximum Gasteiger partial charge on any atom is 0.311 e. The molecule has 3 fully saturated rings. The lowest BCUT2D eigenvalue weighted by Crippen LogP contribution is -2.56. The van der Waals surface area contributed by atoms with Gasteiger partial charge in [0.25, 0.3) is 0 Å². The van der Waals surface area contributed by atoms with E-state index in [9.17, 15) is 19.5 Å². The van der Waals surface area contributed by atoms with E-state index in [-0.39, 0.29) is 31.0 Å². The molecule has 3 saturated heterocycles. The first-order valence-corrected chi connectivity index (χ1v) is 12.3. The highest BCUT2D eigenvalue weighted by Crippen LogP contribution is 2.71. The van der Waals surface area contributed by atoms with Gasteiger partial charge in [-0.3, -0.25) is 14.4 Å². The van der Waals surface area contributed by atoms with Gasteiger partial charge in [0, 0.05) is 11.3 Å². The van der Waals surface area contributed by atoms with Crippen LogP contribution in [0.1, 0.15) is 45.6 Å². The molecule has 1 spiro atoms. The number of likely N-dealkylation sites (tertiary alicyclic amines) is 1. The lowest BCUT2D eigenvalue weighted by atomic mass is 9.66. The number of aliphatic hydroxyl groups is 1. The third kappa shape index (κ3) is 3.43. The number of fused-ring (bicyclic) bond motifs is 1. The highest BCUT2D eigenvalue weighted by atomic mass is 32.2. The number of thioether (sulfide) groups is 1. The Balaban J connectivity index is 1.70. The highest BCUT2D eigenvalue weighted by molar-refractivity contribution is 8.02. The fraction of sp³-hybridized carbons (Fsp3) is 0.625. The van der Waals surface area contributed by atoms with Gasteiger partial charge < -0.3 is 20.1 Å². The Morgan fingerprint density at radius 2 is 2.00 bits per heavy atom. The van der Waals surface area contributed by atoms with E-state index in [0.717, 1.165) is 12.0 Å². The van der Waals surface area contributed by atoms with E-state index in [1.807, 2.05) is 44.2 Å². The molecule has 1 aromatic rings. The summed E-state index contributed by atoms with van der Waals surface area (Å²) in [6.07, 6.45) is 1.96. The minimum atomic E-state index is -0.730. The van der Waals surface area contributed by atoms with Gasteiger partial charge in [0.2, 0.25) is 11.8 Å². The number of carbonyl (C=O) groups is 3. The second-order valence-corrected chi connectivity index (χ2v) is 11.1. The van der Waals surface area contributed by atoms with Gasteiger partial charge in [0.15, 0.2) is 0 Å². The van der Waals surface area contributed by atoms with E-state index >= 15 is 0 Å². The molecule has 0 aromatic heterocycles. The number of nitrogens with zero attached hydrogens (tertiary/aromatic N) is 1. The van der Waals surface area contributed by atoms with Gasteiger partial charge in [0.05, 0.1) is 35.8 Å². The number of benzene rings is 1. The maximum atomic E-state index is 13.8. The number of hydrogen-bond acceptors (Lipinski definition) is 6. The quantitative estimate of drug-likeness (QED) is 0.577. The Bertz CT molecular complexity index is 892. The Kier molecular flexibility index (Phi) is 6.29. The van der Waals surface area contributed by atoms with Gasteiger partial charge in [-0.05, 0) is 38.7 Å². The van der Waals surface area contributed by atoms with Crippen molar-refractivity contribution in [2.45, 2.75) is 68.2 Å². The van der Waals surface area contributed by atoms with Crippen LogP contribution in [0.25, 0.3) is 0 Å². The van der Waals surface area contributed by atoms with Crippen LogP contribution in [0.5, 0.6) is 0 Å². The van der Waals surface area contributed by atoms with Crippen LogP contribution in [0.4, 0.5) is 0 Å². The van der Waals surface area contributed by atoms with Crippen molar-refractivity contribution in [1.29, 1.82) is 0 Å². The molecule has 174 valence electrons. The van der Waals surface area contributed by atoms with Crippen molar-refractivity contribution in [3.05, 3.63) is 35.9 Å². The third-order valence-electron chi connectivity index (χ3n) is 7.39. The van der Waals surface area contributed by atoms with Crippen molar-refractivity contribution in [3.8, 4) is 0 Å². The summed E-state index contributed by atoms with van der Waals surface area (Å²) in [5.41, 5.74) is 0.972. The number of nitrogens with one attached hydrogen (secondary N) is 1. The lowest BCUT2D eigenvalue weighted by molar-refractivity contribution is -0.155. The number of amides is 2. The Hall–Kier alpha value is -2.06. The van der Waals surface area contributed by atoms with E-state index in [0.29, 0.717) is 19.4 Å². The van der Waals surface area contributed by atoms with Crippen LogP contribution in [0.3, 0.4) is 0 Å². The number of aliphatic hydroxyl groups excluding tert-OH is 1. The maximum absolute atomic E-state index is 13.8.